The van der Waals surface area contributed by atoms with Gasteiger partial charge >= 0.3 is 0 Å². The maximum atomic E-state index is 13.0. The van der Waals surface area contributed by atoms with Gasteiger partial charge in [0.25, 0.3) is 0 Å². The molecular formula is C13H15ClFN3O. The fraction of sp³-hybridized carbons (Fsp3) is 0.308. The Morgan fingerprint density at radius 1 is 1.47 bits per heavy atom. The summed E-state index contributed by atoms with van der Waals surface area (Å²) in [5.74, 6) is 0.378. The largest absolute Gasteiger partial charge is 0.436 e. The molecule has 19 heavy (non-hydrogen) atoms. The number of nitrogens with two attached hydrogens (primary N) is 1. The van der Waals surface area contributed by atoms with E-state index in [4.69, 9.17) is 22.1 Å². The summed E-state index contributed by atoms with van der Waals surface area (Å²) in [6.45, 7) is 4.52. The lowest BCUT2D eigenvalue weighted by Crippen LogP contribution is -2.03. The van der Waals surface area contributed by atoms with Crippen LogP contribution in [0.1, 0.15) is 19.0 Å². The second kappa shape index (κ2) is 5.48. The summed E-state index contributed by atoms with van der Waals surface area (Å²) in [6.07, 6.45) is 0.897. The quantitative estimate of drug-likeness (QED) is 0.929. The van der Waals surface area contributed by atoms with E-state index in [1.54, 1.807) is 11.6 Å². The molecule has 6 heteroatoms. The highest BCUT2D eigenvalue weighted by atomic mass is 35.5. The van der Waals surface area contributed by atoms with Crippen molar-refractivity contribution in [1.82, 2.24) is 9.78 Å². The number of benzene rings is 1. The van der Waals surface area contributed by atoms with Gasteiger partial charge in [-0.25, -0.2) is 9.07 Å². The van der Waals surface area contributed by atoms with E-state index in [0.29, 0.717) is 29.6 Å². The zero-order chi connectivity index (χ0) is 14.0. The molecule has 0 bridgehead atoms. The highest BCUT2D eigenvalue weighted by molar-refractivity contribution is 6.32. The Bertz CT molecular complexity index is 598. The van der Waals surface area contributed by atoms with Crippen LogP contribution < -0.4 is 10.5 Å². The molecule has 4 nitrogen and oxygen atoms in total. The Labute approximate surface area is 115 Å². The van der Waals surface area contributed by atoms with Crippen molar-refractivity contribution in [1.29, 1.82) is 0 Å². The molecule has 0 amide bonds. The summed E-state index contributed by atoms with van der Waals surface area (Å²) in [5.41, 5.74) is 7.10. The van der Waals surface area contributed by atoms with Gasteiger partial charge in [-0.15, -0.1) is 0 Å². The Balaban J connectivity index is 2.37. The number of nitrogens with zero attached hydrogens (tertiary/aromatic N) is 2. The van der Waals surface area contributed by atoms with Crippen LogP contribution in [0.2, 0.25) is 5.02 Å². The van der Waals surface area contributed by atoms with E-state index < -0.39 is 5.82 Å². The summed E-state index contributed by atoms with van der Waals surface area (Å²) in [5, 5.41) is 4.49. The minimum Gasteiger partial charge on any atom is -0.436 e. The van der Waals surface area contributed by atoms with Crippen LogP contribution >= 0.6 is 11.6 Å². The van der Waals surface area contributed by atoms with Crippen molar-refractivity contribution in [2.75, 3.05) is 5.73 Å². The number of aromatic nitrogens is 2. The molecule has 0 aliphatic rings. The van der Waals surface area contributed by atoms with Crippen molar-refractivity contribution in [3.63, 3.8) is 0 Å². The summed E-state index contributed by atoms with van der Waals surface area (Å²) in [6, 6.07) is 3.95. The smallest absolute Gasteiger partial charge is 0.241 e. The van der Waals surface area contributed by atoms with E-state index in [-0.39, 0.29) is 5.02 Å². The lowest BCUT2D eigenvalue weighted by atomic mass is 10.3. The number of rotatable bonds is 4. The number of hydrogen-bond acceptors (Lipinski definition) is 3. The third-order valence-electron chi connectivity index (χ3n) is 2.66. The highest BCUT2D eigenvalue weighted by Gasteiger charge is 2.15. The van der Waals surface area contributed by atoms with Crippen LogP contribution in [0.5, 0.6) is 11.6 Å². The van der Waals surface area contributed by atoms with Crippen LogP contribution in [-0.4, -0.2) is 9.78 Å². The van der Waals surface area contributed by atoms with E-state index in [0.717, 1.165) is 6.42 Å². The molecule has 1 aromatic heterocycles. The second-order valence-electron chi connectivity index (χ2n) is 4.20. The molecule has 0 aliphatic heterocycles. The minimum absolute atomic E-state index is 0.196. The van der Waals surface area contributed by atoms with Gasteiger partial charge in [0.2, 0.25) is 5.88 Å². The normalized spacial score (nSPS) is 10.7. The Hall–Kier alpha value is -1.75. The maximum Gasteiger partial charge on any atom is 0.241 e. The number of nitrogen functional groups attached to an aromatic ring is 1. The van der Waals surface area contributed by atoms with Gasteiger partial charge in [0.05, 0.1) is 10.7 Å². The molecule has 0 unspecified atom stereocenters. The molecule has 0 saturated heterocycles. The zero-order valence-electron chi connectivity index (χ0n) is 10.8. The van der Waals surface area contributed by atoms with Gasteiger partial charge in [0.1, 0.15) is 17.3 Å². The topological polar surface area (TPSA) is 53.1 Å². The fourth-order valence-corrected chi connectivity index (χ4v) is 1.91. The molecule has 102 valence electrons. The first kappa shape index (κ1) is 13.7. The third-order valence-corrected chi connectivity index (χ3v) is 2.96. The van der Waals surface area contributed by atoms with Crippen LogP contribution in [0.3, 0.4) is 0 Å². The van der Waals surface area contributed by atoms with Crippen molar-refractivity contribution < 1.29 is 9.13 Å². The molecule has 0 aliphatic carbocycles. The first-order valence-corrected chi connectivity index (χ1v) is 6.36. The Morgan fingerprint density at radius 3 is 2.84 bits per heavy atom. The number of ether oxygens (including phenoxy) is 1. The average molecular weight is 284 g/mol. The van der Waals surface area contributed by atoms with Gasteiger partial charge in [-0.3, -0.25) is 0 Å². The Morgan fingerprint density at radius 2 is 2.21 bits per heavy atom. The van der Waals surface area contributed by atoms with Crippen LogP contribution in [0.25, 0.3) is 0 Å². The van der Waals surface area contributed by atoms with Crippen LogP contribution in [0, 0.1) is 12.7 Å². The molecular weight excluding hydrogens is 269 g/mol. The molecule has 0 radical (unpaired) electrons. The van der Waals surface area contributed by atoms with Gasteiger partial charge in [-0.2, -0.15) is 5.10 Å². The third kappa shape index (κ3) is 2.81. The first-order chi connectivity index (χ1) is 9.02. The van der Waals surface area contributed by atoms with Gasteiger partial charge in [-0.05, 0) is 31.5 Å². The van der Waals surface area contributed by atoms with Crippen LogP contribution in [-0.2, 0) is 6.54 Å². The minimum atomic E-state index is -0.413. The van der Waals surface area contributed by atoms with E-state index in [1.807, 2.05) is 6.92 Å². The zero-order valence-corrected chi connectivity index (χ0v) is 11.5. The van der Waals surface area contributed by atoms with E-state index >= 15 is 0 Å². The predicted molar refractivity (Wildman–Crippen MR) is 73.2 cm³/mol. The lowest BCUT2D eigenvalue weighted by molar-refractivity contribution is 0.409. The predicted octanol–water partition coefficient (Wildman–Crippen LogP) is 3.77. The van der Waals surface area contributed by atoms with Gasteiger partial charge in [-0.1, -0.05) is 18.5 Å². The molecule has 1 heterocycles. The summed E-state index contributed by atoms with van der Waals surface area (Å²) < 4.78 is 20.3. The molecule has 1 aromatic carbocycles. The van der Waals surface area contributed by atoms with E-state index in [2.05, 4.69) is 5.10 Å². The molecule has 2 rings (SSSR count). The maximum absolute atomic E-state index is 13.0. The summed E-state index contributed by atoms with van der Waals surface area (Å²) in [4.78, 5) is 0. The van der Waals surface area contributed by atoms with Crippen molar-refractivity contribution in [3.8, 4) is 11.6 Å². The lowest BCUT2D eigenvalue weighted by Gasteiger charge is -2.10. The van der Waals surface area contributed by atoms with Gasteiger partial charge in [0.15, 0.2) is 0 Å². The van der Waals surface area contributed by atoms with Crippen molar-refractivity contribution in [3.05, 3.63) is 34.7 Å². The van der Waals surface area contributed by atoms with Crippen molar-refractivity contribution >= 4 is 17.3 Å². The standard InChI is InChI=1S/C13H15ClFN3O/c1-3-6-18-13(12(16)8(2)17-18)19-11-5-4-9(15)7-10(11)14/h4-5,7H,3,6,16H2,1-2H3. The van der Waals surface area contributed by atoms with E-state index in [9.17, 15) is 4.39 Å². The van der Waals surface area contributed by atoms with E-state index in [1.165, 1.54) is 18.2 Å². The molecule has 2 N–H and O–H groups in total. The van der Waals surface area contributed by atoms with Gasteiger partial charge in [0, 0.05) is 6.54 Å². The summed E-state index contributed by atoms with van der Waals surface area (Å²) >= 11 is 5.93. The molecule has 0 saturated carbocycles. The SMILES string of the molecule is CCCn1nc(C)c(N)c1Oc1ccc(F)cc1Cl. The molecule has 0 spiro atoms. The van der Waals surface area contributed by atoms with Gasteiger partial charge < -0.3 is 10.5 Å². The number of hydrogen-bond donors (Lipinski definition) is 1. The number of anilines is 1. The molecule has 0 fully saturated rings. The molecule has 0 atom stereocenters. The van der Waals surface area contributed by atoms with Crippen LogP contribution in [0.4, 0.5) is 10.1 Å². The molecule has 2 aromatic rings. The first-order valence-electron chi connectivity index (χ1n) is 5.98. The number of halogens is 2. The second-order valence-corrected chi connectivity index (χ2v) is 4.61. The fourth-order valence-electron chi connectivity index (χ4n) is 1.71. The highest BCUT2D eigenvalue weighted by Crippen LogP contribution is 2.34. The van der Waals surface area contributed by atoms with Crippen LogP contribution in [0.15, 0.2) is 18.2 Å². The monoisotopic (exact) mass is 283 g/mol. The van der Waals surface area contributed by atoms with Crippen molar-refractivity contribution in [2.24, 2.45) is 0 Å². The number of aryl methyl sites for hydroxylation is 2. The average Bonchev–Trinajstić information content (AvgIpc) is 2.61. The Kier molecular flexibility index (Phi) is 3.95. The van der Waals surface area contributed by atoms with Crippen molar-refractivity contribution in [2.45, 2.75) is 26.8 Å². The summed E-state index contributed by atoms with van der Waals surface area (Å²) in [7, 11) is 0.